The molecule has 0 spiro atoms. The van der Waals surface area contributed by atoms with E-state index in [1.807, 2.05) is 0 Å². The molecule has 5 nitrogen and oxygen atoms in total. The molecule has 0 saturated heterocycles. The monoisotopic (exact) mass is 348 g/mol. The van der Waals surface area contributed by atoms with Crippen molar-refractivity contribution >= 4 is 10.1 Å². The summed E-state index contributed by atoms with van der Waals surface area (Å²) in [6.07, 6.45) is 0. The maximum absolute atomic E-state index is 12.4. The molecule has 0 saturated carbocycles. The van der Waals surface area contributed by atoms with Crippen LogP contribution in [0.4, 0.5) is 13.2 Å². The van der Waals surface area contributed by atoms with E-state index >= 15 is 0 Å². The van der Waals surface area contributed by atoms with Crippen LogP contribution >= 0.6 is 0 Å². The van der Waals surface area contributed by atoms with Gasteiger partial charge >= 0.3 is 15.6 Å². The summed E-state index contributed by atoms with van der Waals surface area (Å²) >= 11 is 0. The summed E-state index contributed by atoms with van der Waals surface area (Å²) in [4.78, 5) is 0. The molecule has 1 N–H and O–H groups in total. The molecule has 0 aromatic heterocycles. The van der Waals surface area contributed by atoms with Crippen LogP contribution in [0.2, 0.25) is 0 Å². The molecule has 0 fully saturated rings. The number of alkyl halides is 3. The lowest BCUT2D eigenvalue weighted by atomic mass is 10.2. The van der Waals surface area contributed by atoms with Crippen LogP contribution in [-0.2, 0) is 16.7 Å². The highest BCUT2D eigenvalue weighted by molar-refractivity contribution is 7.88. The van der Waals surface area contributed by atoms with Crippen molar-refractivity contribution in [3.05, 3.63) is 54.1 Å². The van der Waals surface area contributed by atoms with E-state index in [0.29, 0.717) is 5.56 Å². The Kier molecular flexibility index (Phi) is 4.81. The number of hydrogen-bond donors (Lipinski definition) is 1. The predicted octanol–water partition coefficient (Wildman–Crippen LogP) is 3.20. The first-order valence-corrected chi connectivity index (χ1v) is 7.61. The van der Waals surface area contributed by atoms with Crippen LogP contribution in [0.1, 0.15) is 5.56 Å². The van der Waals surface area contributed by atoms with Crippen molar-refractivity contribution in [3.8, 4) is 17.2 Å². The molecule has 124 valence electrons. The van der Waals surface area contributed by atoms with Gasteiger partial charge in [-0.1, -0.05) is 24.3 Å². The third kappa shape index (κ3) is 4.14. The molecular formula is C14H11F3O5S. The van der Waals surface area contributed by atoms with Crippen molar-refractivity contribution in [2.45, 2.75) is 12.1 Å². The summed E-state index contributed by atoms with van der Waals surface area (Å²) in [5.74, 6) is -0.605. The van der Waals surface area contributed by atoms with E-state index in [0.717, 1.165) is 6.07 Å². The highest BCUT2D eigenvalue weighted by atomic mass is 32.2. The van der Waals surface area contributed by atoms with E-state index in [-0.39, 0.29) is 18.1 Å². The molecule has 2 aromatic carbocycles. The van der Waals surface area contributed by atoms with Crippen molar-refractivity contribution in [1.82, 2.24) is 0 Å². The van der Waals surface area contributed by atoms with E-state index in [2.05, 4.69) is 4.18 Å². The zero-order valence-electron chi connectivity index (χ0n) is 11.4. The second-order valence-electron chi connectivity index (χ2n) is 4.34. The fourth-order valence-corrected chi connectivity index (χ4v) is 2.07. The van der Waals surface area contributed by atoms with Gasteiger partial charge in [0.25, 0.3) is 0 Å². The molecule has 0 heterocycles. The lowest BCUT2D eigenvalue weighted by Crippen LogP contribution is -2.28. The van der Waals surface area contributed by atoms with Crippen molar-refractivity contribution in [2.24, 2.45) is 0 Å². The molecule has 2 rings (SSSR count). The summed E-state index contributed by atoms with van der Waals surface area (Å²) in [6, 6.07) is 11.2. The zero-order valence-corrected chi connectivity index (χ0v) is 12.3. The van der Waals surface area contributed by atoms with Gasteiger partial charge in [0.1, 0.15) is 5.75 Å². The number of ether oxygens (including phenoxy) is 1. The topological polar surface area (TPSA) is 72.8 Å². The molecule has 0 unspecified atom stereocenters. The SMILES string of the molecule is O=S(=O)(Oc1ccccc1Oc1cccc(CO)c1)C(F)(F)F. The maximum atomic E-state index is 12.4. The van der Waals surface area contributed by atoms with Gasteiger partial charge in [-0.15, -0.1) is 0 Å². The van der Waals surface area contributed by atoms with Crippen LogP contribution in [0.5, 0.6) is 17.2 Å². The number of benzene rings is 2. The van der Waals surface area contributed by atoms with Gasteiger partial charge in [0.15, 0.2) is 11.5 Å². The standard InChI is InChI=1S/C14H11F3O5S/c15-14(16,17)23(19,20)22-13-7-2-1-6-12(13)21-11-5-3-4-10(8-11)9-18/h1-8,18H,9H2. The van der Waals surface area contributed by atoms with Gasteiger partial charge in [0, 0.05) is 0 Å². The second-order valence-corrected chi connectivity index (χ2v) is 5.88. The lowest BCUT2D eigenvalue weighted by molar-refractivity contribution is -0.0500. The van der Waals surface area contributed by atoms with Crippen molar-refractivity contribution in [2.75, 3.05) is 0 Å². The normalized spacial score (nSPS) is 12.0. The Balaban J connectivity index is 2.31. The average Bonchev–Trinajstić information content (AvgIpc) is 2.48. The Morgan fingerprint density at radius 2 is 1.65 bits per heavy atom. The molecular weight excluding hydrogens is 337 g/mol. The average molecular weight is 348 g/mol. The Morgan fingerprint density at radius 1 is 1.00 bits per heavy atom. The number of rotatable bonds is 5. The van der Waals surface area contributed by atoms with E-state index in [1.54, 1.807) is 12.1 Å². The smallest absolute Gasteiger partial charge is 0.453 e. The largest absolute Gasteiger partial charge is 0.534 e. The minimum Gasteiger partial charge on any atom is -0.453 e. The van der Waals surface area contributed by atoms with Gasteiger partial charge in [0.2, 0.25) is 0 Å². The number of para-hydroxylation sites is 2. The van der Waals surface area contributed by atoms with E-state index in [4.69, 9.17) is 9.84 Å². The molecule has 0 atom stereocenters. The molecule has 23 heavy (non-hydrogen) atoms. The zero-order chi connectivity index (χ0) is 17.1. The third-order valence-electron chi connectivity index (χ3n) is 2.64. The Morgan fingerprint density at radius 3 is 2.26 bits per heavy atom. The van der Waals surface area contributed by atoms with Gasteiger partial charge in [-0.3, -0.25) is 0 Å². The fourth-order valence-electron chi connectivity index (χ4n) is 1.60. The third-order valence-corrected chi connectivity index (χ3v) is 3.61. The van der Waals surface area contributed by atoms with E-state index < -0.39 is 21.4 Å². The first-order chi connectivity index (χ1) is 10.7. The molecule has 0 radical (unpaired) electrons. The molecule has 0 amide bonds. The summed E-state index contributed by atoms with van der Waals surface area (Å²) < 4.78 is 68.8. The first-order valence-electron chi connectivity index (χ1n) is 6.20. The Bertz CT molecular complexity index is 787. The molecule has 9 heteroatoms. The van der Waals surface area contributed by atoms with Crippen molar-refractivity contribution in [1.29, 1.82) is 0 Å². The first kappa shape index (κ1) is 17.1. The van der Waals surface area contributed by atoms with Crippen LogP contribution in [0.25, 0.3) is 0 Å². The van der Waals surface area contributed by atoms with Crippen LogP contribution in [0.3, 0.4) is 0 Å². The van der Waals surface area contributed by atoms with E-state index in [1.165, 1.54) is 30.3 Å². The van der Waals surface area contributed by atoms with Crippen LogP contribution in [-0.4, -0.2) is 19.0 Å². The predicted molar refractivity (Wildman–Crippen MR) is 74.5 cm³/mol. The summed E-state index contributed by atoms with van der Waals surface area (Å²) in [6.45, 7) is -0.252. The van der Waals surface area contributed by atoms with Gasteiger partial charge in [-0.25, -0.2) is 0 Å². The molecule has 0 aliphatic rings. The van der Waals surface area contributed by atoms with Gasteiger partial charge in [-0.2, -0.15) is 21.6 Å². The number of hydrogen-bond acceptors (Lipinski definition) is 5. The van der Waals surface area contributed by atoms with Crippen LogP contribution < -0.4 is 8.92 Å². The van der Waals surface area contributed by atoms with Gasteiger partial charge in [0.05, 0.1) is 6.61 Å². The molecule has 0 aliphatic heterocycles. The Labute approximate surface area is 130 Å². The molecule has 2 aromatic rings. The summed E-state index contributed by atoms with van der Waals surface area (Å²) in [7, 11) is -5.80. The van der Waals surface area contributed by atoms with Gasteiger partial charge < -0.3 is 14.0 Å². The van der Waals surface area contributed by atoms with Gasteiger partial charge in [-0.05, 0) is 29.8 Å². The molecule has 0 bridgehead atoms. The Hall–Kier alpha value is -2.26. The maximum Gasteiger partial charge on any atom is 0.534 e. The van der Waals surface area contributed by atoms with Crippen LogP contribution in [0, 0.1) is 0 Å². The quantitative estimate of drug-likeness (QED) is 0.664. The van der Waals surface area contributed by atoms with Crippen molar-refractivity contribution in [3.63, 3.8) is 0 Å². The van der Waals surface area contributed by atoms with Crippen molar-refractivity contribution < 1.29 is 35.6 Å². The fraction of sp³-hybridized carbons (Fsp3) is 0.143. The summed E-state index contributed by atoms with van der Waals surface area (Å²) in [5.41, 5.74) is -5.03. The summed E-state index contributed by atoms with van der Waals surface area (Å²) in [5, 5.41) is 9.04. The number of aliphatic hydroxyl groups excluding tert-OH is 1. The molecule has 0 aliphatic carbocycles. The highest BCUT2D eigenvalue weighted by Crippen LogP contribution is 2.35. The number of aliphatic hydroxyl groups is 1. The minimum absolute atomic E-state index is 0.206. The van der Waals surface area contributed by atoms with Crippen LogP contribution in [0.15, 0.2) is 48.5 Å². The highest BCUT2D eigenvalue weighted by Gasteiger charge is 2.48. The lowest BCUT2D eigenvalue weighted by Gasteiger charge is -2.13. The second kappa shape index (κ2) is 6.47. The number of halogens is 3. The minimum atomic E-state index is -5.80. The van der Waals surface area contributed by atoms with E-state index in [9.17, 15) is 21.6 Å².